The number of hydrogen-bond acceptors (Lipinski definition) is 15. The van der Waals surface area contributed by atoms with Crippen LogP contribution in [0, 0.1) is 17.8 Å². The zero-order chi connectivity index (χ0) is 73.0. The molecule has 0 saturated heterocycles. The average molecular weight is 1450 g/mol. The minimum Gasteiger partial charge on any atom is -0.462 e. The maximum absolute atomic E-state index is 13.1. The Morgan fingerprint density at radius 1 is 0.293 bits per heavy atom. The van der Waals surface area contributed by atoms with Crippen molar-refractivity contribution in [2.75, 3.05) is 39.6 Å². The summed E-state index contributed by atoms with van der Waals surface area (Å²) in [4.78, 5) is 72.8. The molecular formula is C80H156O17P2. The van der Waals surface area contributed by atoms with E-state index >= 15 is 0 Å². The Balaban J connectivity index is 5.18. The number of carbonyl (C=O) groups excluding carboxylic acids is 4. The van der Waals surface area contributed by atoms with Gasteiger partial charge in [-0.25, -0.2) is 9.13 Å². The molecule has 0 bridgehead atoms. The fourth-order valence-electron chi connectivity index (χ4n) is 12.2. The van der Waals surface area contributed by atoms with Gasteiger partial charge in [-0.1, -0.05) is 363 Å². The maximum atomic E-state index is 13.1. The molecule has 3 N–H and O–H groups in total. The van der Waals surface area contributed by atoms with Gasteiger partial charge in [0.15, 0.2) is 12.2 Å². The topological polar surface area (TPSA) is 237 Å². The molecule has 0 saturated carbocycles. The zero-order valence-corrected chi connectivity index (χ0v) is 66.8. The Bertz CT molecular complexity index is 1930. The van der Waals surface area contributed by atoms with Crippen LogP contribution in [0.25, 0.3) is 0 Å². The van der Waals surface area contributed by atoms with Gasteiger partial charge in [0.1, 0.15) is 19.3 Å². The van der Waals surface area contributed by atoms with Crippen molar-refractivity contribution in [1.29, 1.82) is 0 Å². The smallest absolute Gasteiger partial charge is 0.462 e. The minimum absolute atomic E-state index is 0.102. The van der Waals surface area contributed by atoms with Crippen LogP contribution in [-0.2, 0) is 65.4 Å². The summed E-state index contributed by atoms with van der Waals surface area (Å²) in [6.07, 6.45) is 58.7. The van der Waals surface area contributed by atoms with Gasteiger partial charge in [0.25, 0.3) is 0 Å². The van der Waals surface area contributed by atoms with Gasteiger partial charge in [-0.2, -0.15) is 0 Å². The third-order valence-corrected chi connectivity index (χ3v) is 21.3. The maximum Gasteiger partial charge on any atom is 0.472 e. The predicted molar refractivity (Wildman–Crippen MR) is 405 cm³/mol. The van der Waals surface area contributed by atoms with Crippen LogP contribution in [0.2, 0.25) is 0 Å². The van der Waals surface area contributed by atoms with Crippen molar-refractivity contribution < 1.29 is 80.2 Å². The van der Waals surface area contributed by atoms with Gasteiger partial charge in [0, 0.05) is 25.7 Å². The van der Waals surface area contributed by atoms with Crippen molar-refractivity contribution in [3.8, 4) is 0 Å². The standard InChI is InChI=1S/C80H156O17P2/c1-8-11-12-13-14-15-16-17-18-19-23-26-29-32-35-38-47-54-61-77(82)90-67-75(96-79(84)63-56-49-39-36-33-30-27-24-21-20-22-25-28-31-34-37-45-52-59-72(6)9-2)69-94-98(86,87)92-65-74(81)66-93-99(88,89)95-70-76(68-91-78(83)62-55-48-42-40-44-51-58-71(4)5)97-80(85)64-57-50-43-41-46-53-60-73(7)10-3/h71-76,81H,8-70H2,1-7H3,(H,86,87)(H,88,89)/t72?,73?,74-,75-,76-/m1/s1. The number of phosphoric acid groups is 2. The summed E-state index contributed by atoms with van der Waals surface area (Å²) in [5.41, 5.74) is 0. The molecule has 0 amide bonds. The lowest BCUT2D eigenvalue weighted by molar-refractivity contribution is -0.161. The van der Waals surface area contributed by atoms with Crippen LogP contribution in [0.1, 0.15) is 414 Å². The van der Waals surface area contributed by atoms with Crippen LogP contribution in [0.4, 0.5) is 0 Å². The van der Waals surface area contributed by atoms with Crippen molar-refractivity contribution in [1.82, 2.24) is 0 Å². The molecule has 0 radical (unpaired) electrons. The third kappa shape index (κ3) is 71.5. The minimum atomic E-state index is -4.96. The van der Waals surface area contributed by atoms with Gasteiger partial charge in [0.2, 0.25) is 0 Å². The van der Waals surface area contributed by atoms with Gasteiger partial charge < -0.3 is 33.8 Å². The average Bonchev–Trinajstić information content (AvgIpc) is 0.987. The number of esters is 4. The molecule has 0 aliphatic heterocycles. The summed E-state index contributed by atoms with van der Waals surface area (Å²) in [6.45, 7) is 11.9. The van der Waals surface area contributed by atoms with Crippen molar-refractivity contribution in [3.63, 3.8) is 0 Å². The first kappa shape index (κ1) is 97.1. The molecule has 0 rings (SSSR count). The van der Waals surface area contributed by atoms with E-state index in [9.17, 15) is 43.2 Å². The van der Waals surface area contributed by atoms with Crippen molar-refractivity contribution in [3.05, 3.63) is 0 Å². The largest absolute Gasteiger partial charge is 0.472 e. The summed E-state index contributed by atoms with van der Waals surface area (Å²) >= 11 is 0. The van der Waals surface area contributed by atoms with Crippen LogP contribution < -0.4 is 0 Å². The molecule has 7 atom stereocenters. The molecule has 19 heteroatoms. The monoisotopic (exact) mass is 1450 g/mol. The highest BCUT2D eigenvalue weighted by Gasteiger charge is 2.30. The van der Waals surface area contributed by atoms with E-state index in [1.165, 1.54) is 218 Å². The molecule has 4 unspecified atom stereocenters. The Hall–Kier alpha value is -1.94. The Labute approximate surface area is 607 Å². The number of hydrogen-bond donors (Lipinski definition) is 3. The molecule has 0 spiro atoms. The second kappa shape index (κ2) is 70.4. The predicted octanol–water partition coefficient (Wildman–Crippen LogP) is 23.7. The van der Waals surface area contributed by atoms with Gasteiger partial charge >= 0.3 is 39.5 Å². The molecule has 0 aliphatic rings. The van der Waals surface area contributed by atoms with E-state index in [-0.39, 0.29) is 25.7 Å². The van der Waals surface area contributed by atoms with Crippen LogP contribution in [0.3, 0.4) is 0 Å². The molecule has 0 aromatic rings. The first-order valence-electron chi connectivity index (χ1n) is 41.4. The third-order valence-electron chi connectivity index (χ3n) is 19.4. The summed E-state index contributed by atoms with van der Waals surface area (Å²) in [6, 6.07) is 0. The van der Waals surface area contributed by atoms with Crippen molar-refractivity contribution >= 4 is 39.5 Å². The Morgan fingerprint density at radius 3 is 0.768 bits per heavy atom. The van der Waals surface area contributed by atoms with Crippen molar-refractivity contribution in [2.24, 2.45) is 17.8 Å². The van der Waals surface area contributed by atoms with E-state index in [2.05, 4.69) is 48.5 Å². The van der Waals surface area contributed by atoms with Gasteiger partial charge in [-0.3, -0.25) is 37.3 Å². The van der Waals surface area contributed by atoms with Gasteiger partial charge in [-0.15, -0.1) is 0 Å². The molecule has 17 nitrogen and oxygen atoms in total. The fourth-order valence-corrected chi connectivity index (χ4v) is 13.8. The van der Waals surface area contributed by atoms with Crippen LogP contribution in [-0.4, -0.2) is 96.7 Å². The number of phosphoric ester groups is 2. The SMILES string of the molecule is CCCCCCCCCCCCCCCCCCCCC(=O)OC[C@H](COP(=O)(O)OC[C@@H](O)COP(=O)(O)OC[C@@H](COC(=O)CCCCCCCCC(C)C)OC(=O)CCCCCCCCC(C)CC)OC(=O)CCCCCCCCCCCCCCCCCCCCC(C)CC. The van der Waals surface area contributed by atoms with E-state index in [1.54, 1.807) is 0 Å². The summed E-state index contributed by atoms with van der Waals surface area (Å²) in [7, 11) is -9.91. The van der Waals surface area contributed by atoms with E-state index in [0.717, 1.165) is 108 Å². The fraction of sp³-hybridized carbons (Fsp3) is 0.950. The van der Waals surface area contributed by atoms with E-state index in [4.69, 9.17) is 37.0 Å². The number of unbranched alkanes of at least 4 members (excludes halogenated alkanes) is 44. The van der Waals surface area contributed by atoms with Crippen LogP contribution >= 0.6 is 15.6 Å². The van der Waals surface area contributed by atoms with E-state index in [0.29, 0.717) is 31.6 Å². The molecule has 588 valence electrons. The Morgan fingerprint density at radius 2 is 0.515 bits per heavy atom. The molecule has 0 aromatic carbocycles. The first-order valence-corrected chi connectivity index (χ1v) is 44.4. The molecule has 0 fully saturated rings. The lowest BCUT2D eigenvalue weighted by atomic mass is 9.99. The zero-order valence-electron chi connectivity index (χ0n) is 65.0. The molecular weight excluding hydrogens is 1290 g/mol. The number of rotatable bonds is 78. The molecule has 99 heavy (non-hydrogen) atoms. The normalized spacial score (nSPS) is 14.5. The summed E-state index contributed by atoms with van der Waals surface area (Å²) in [5.74, 6) is 0.151. The lowest BCUT2D eigenvalue weighted by Gasteiger charge is -2.21. The highest BCUT2D eigenvalue weighted by molar-refractivity contribution is 7.47. The van der Waals surface area contributed by atoms with E-state index in [1.807, 2.05) is 0 Å². The first-order chi connectivity index (χ1) is 47.8. The van der Waals surface area contributed by atoms with Crippen LogP contribution in [0.5, 0.6) is 0 Å². The number of carbonyl (C=O) groups is 4. The summed E-state index contributed by atoms with van der Waals surface area (Å²) < 4.78 is 68.6. The molecule has 0 aliphatic carbocycles. The van der Waals surface area contributed by atoms with Crippen LogP contribution in [0.15, 0.2) is 0 Å². The number of ether oxygens (including phenoxy) is 4. The molecule has 0 aromatic heterocycles. The second-order valence-corrected chi connectivity index (χ2v) is 32.7. The van der Waals surface area contributed by atoms with Crippen molar-refractivity contribution in [2.45, 2.75) is 433 Å². The van der Waals surface area contributed by atoms with Gasteiger partial charge in [0.05, 0.1) is 26.4 Å². The van der Waals surface area contributed by atoms with E-state index < -0.39 is 97.5 Å². The highest BCUT2D eigenvalue weighted by Crippen LogP contribution is 2.45. The Kier molecular flexibility index (Phi) is 69.0. The second-order valence-electron chi connectivity index (χ2n) is 29.8. The summed E-state index contributed by atoms with van der Waals surface area (Å²) in [5, 5.41) is 10.6. The van der Waals surface area contributed by atoms with Gasteiger partial charge in [-0.05, 0) is 43.4 Å². The highest BCUT2D eigenvalue weighted by atomic mass is 31.2. The number of aliphatic hydroxyl groups is 1. The molecule has 0 heterocycles. The quantitative estimate of drug-likeness (QED) is 0.0222. The lowest BCUT2D eigenvalue weighted by Crippen LogP contribution is -2.30. The number of aliphatic hydroxyl groups excluding tert-OH is 1.